The molecule has 1 aromatic heterocycles. The molecule has 0 spiro atoms. The Morgan fingerprint density at radius 2 is 2.14 bits per heavy atom. The fourth-order valence-electron chi connectivity index (χ4n) is 1.60. The number of carbonyl (C=O) groups excluding carboxylic acids is 1. The van der Waals surface area contributed by atoms with Crippen molar-refractivity contribution in [3.63, 3.8) is 0 Å². The Morgan fingerprint density at radius 1 is 1.21 bits per heavy atom. The second-order valence-corrected chi connectivity index (χ2v) is 3.19. The van der Waals surface area contributed by atoms with Crippen LogP contribution in [0.5, 0.6) is 0 Å². The molecule has 0 atom stereocenters. The highest BCUT2D eigenvalue weighted by Crippen LogP contribution is 2.17. The van der Waals surface area contributed by atoms with Gasteiger partial charge in [-0.05, 0) is 24.1 Å². The van der Waals surface area contributed by atoms with Crippen LogP contribution in [0, 0.1) is 0 Å². The predicted octanol–water partition coefficient (Wildman–Crippen LogP) is 2.37. The van der Waals surface area contributed by atoms with Gasteiger partial charge in [0.25, 0.3) is 0 Å². The van der Waals surface area contributed by atoms with Gasteiger partial charge >= 0.3 is 0 Å². The van der Waals surface area contributed by atoms with Gasteiger partial charge in [-0.3, -0.25) is 4.98 Å². The van der Waals surface area contributed by atoms with Gasteiger partial charge < -0.3 is 4.79 Å². The summed E-state index contributed by atoms with van der Waals surface area (Å²) in [6, 6.07) is 9.98. The fraction of sp³-hybridized carbons (Fsp3) is 0.167. The van der Waals surface area contributed by atoms with Crippen molar-refractivity contribution in [2.24, 2.45) is 0 Å². The zero-order valence-electron chi connectivity index (χ0n) is 7.81. The molecular formula is C12H11NO. The van der Waals surface area contributed by atoms with Crippen LogP contribution in [-0.2, 0) is 11.2 Å². The maximum Gasteiger partial charge on any atom is 0.120 e. The Balaban J connectivity index is 2.48. The summed E-state index contributed by atoms with van der Waals surface area (Å²) in [7, 11) is 0. The topological polar surface area (TPSA) is 30.0 Å². The van der Waals surface area contributed by atoms with Crippen LogP contribution < -0.4 is 0 Å². The number of aldehydes is 1. The van der Waals surface area contributed by atoms with E-state index in [1.807, 2.05) is 30.3 Å². The molecule has 0 aliphatic carbocycles. The van der Waals surface area contributed by atoms with Crippen molar-refractivity contribution in [1.82, 2.24) is 4.98 Å². The van der Waals surface area contributed by atoms with E-state index in [1.54, 1.807) is 6.20 Å². The molecular weight excluding hydrogens is 174 g/mol. The Bertz CT molecular complexity index is 446. The summed E-state index contributed by atoms with van der Waals surface area (Å²) in [5.41, 5.74) is 2.19. The number of pyridine rings is 1. The highest BCUT2D eigenvalue weighted by atomic mass is 16.1. The van der Waals surface area contributed by atoms with Gasteiger partial charge in [0.1, 0.15) is 6.29 Å². The van der Waals surface area contributed by atoms with E-state index < -0.39 is 0 Å². The Labute approximate surface area is 82.6 Å². The summed E-state index contributed by atoms with van der Waals surface area (Å²) >= 11 is 0. The third-order valence-corrected chi connectivity index (χ3v) is 2.27. The minimum atomic E-state index is 0.577. The van der Waals surface area contributed by atoms with Crippen molar-refractivity contribution in [3.05, 3.63) is 42.1 Å². The van der Waals surface area contributed by atoms with Gasteiger partial charge in [-0.2, -0.15) is 0 Å². The van der Waals surface area contributed by atoms with Crippen LogP contribution >= 0.6 is 0 Å². The third kappa shape index (κ3) is 1.64. The van der Waals surface area contributed by atoms with Crippen LogP contribution in [-0.4, -0.2) is 11.3 Å². The lowest BCUT2D eigenvalue weighted by Gasteiger charge is -2.02. The highest BCUT2D eigenvalue weighted by Gasteiger charge is 1.99. The molecule has 70 valence electrons. The summed E-state index contributed by atoms with van der Waals surface area (Å²) in [5.74, 6) is 0. The number of fused-ring (bicyclic) bond motifs is 1. The minimum absolute atomic E-state index is 0.577. The number of aromatic nitrogens is 1. The van der Waals surface area contributed by atoms with E-state index in [1.165, 1.54) is 5.56 Å². The molecule has 0 N–H and O–H groups in total. The summed E-state index contributed by atoms with van der Waals surface area (Å²) in [4.78, 5) is 14.6. The number of nitrogens with zero attached hydrogens (tertiary/aromatic N) is 1. The monoisotopic (exact) mass is 185 g/mol. The lowest BCUT2D eigenvalue weighted by Crippen LogP contribution is -1.89. The van der Waals surface area contributed by atoms with Crippen LogP contribution in [0.4, 0.5) is 0 Å². The summed E-state index contributed by atoms with van der Waals surface area (Å²) < 4.78 is 0. The molecule has 0 amide bonds. The van der Waals surface area contributed by atoms with E-state index >= 15 is 0 Å². The van der Waals surface area contributed by atoms with Crippen LogP contribution in [0.1, 0.15) is 12.0 Å². The van der Waals surface area contributed by atoms with E-state index in [0.717, 1.165) is 23.6 Å². The number of aryl methyl sites for hydroxylation is 1. The van der Waals surface area contributed by atoms with Crippen molar-refractivity contribution in [1.29, 1.82) is 0 Å². The van der Waals surface area contributed by atoms with E-state index in [-0.39, 0.29) is 0 Å². The maximum atomic E-state index is 10.3. The predicted molar refractivity (Wildman–Crippen MR) is 56.1 cm³/mol. The van der Waals surface area contributed by atoms with Crippen LogP contribution in [0.2, 0.25) is 0 Å². The lowest BCUT2D eigenvalue weighted by atomic mass is 10.0. The van der Waals surface area contributed by atoms with Gasteiger partial charge in [0.2, 0.25) is 0 Å². The molecule has 0 saturated carbocycles. The van der Waals surface area contributed by atoms with E-state index in [0.29, 0.717) is 6.42 Å². The fourth-order valence-corrected chi connectivity index (χ4v) is 1.60. The van der Waals surface area contributed by atoms with Crippen LogP contribution in [0.15, 0.2) is 36.5 Å². The Kier molecular flexibility index (Phi) is 2.54. The van der Waals surface area contributed by atoms with Crippen LogP contribution in [0.25, 0.3) is 10.9 Å². The smallest absolute Gasteiger partial charge is 0.120 e. The molecule has 0 aliphatic heterocycles. The summed E-state index contributed by atoms with van der Waals surface area (Å²) in [6.07, 6.45) is 4.11. The molecule has 0 radical (unpaired) electrons. The lowest BCUT2D eigenvalue weighted by molar-refractivity contribution is -0.107. The summed E-state index contributed by atoms with van der Waals surface area (Å²) in [6.45, 7) is 0. The second kappa shape index (κ2) is 4.01. The number of carbonyl (C=O) groups is 1. The first-order chi connectivity index (χ1) is 6.92. The van der Waals surface area contributed by atoms with Crippen molar-refractivity contribution in [3.8, 4) is 0 Å². The first kappa shape index (κ1) is 8.88. The van der Waals surface area contributed by atoms with Crippen molar-refractivity contribution in [2.75, 3.05) is 0 Å². The average molecular weight is 185 g/mol. The summed E-state index contributed by atoms with van der Waals surface area (Å²) in [5, 5.41) is 1.15. The minimum Gasteiger partial charge on any atom is -0.303 e. The van der Waals surface area contributed by atoms with E-state index in [9.17, 15) is 4.79 Å². The van der Waals surface area contributed by atoms with E-state index in [2.05, 4.69) is 4.98 Å². The van der Waals surface area contributed by atoms with Gasteiger partial charge in [-0.15, -0.1) is 0 Å². The van der Waals surface area contributed by atoms with Gasteiger partial charge in [-0.1, -0.05) is 18.2 Å². The molecule has 2 heteroatoms. The average Bonchev–Trinajstić information content (AvgIpc) is 2.26. The molecule has 0 fully saturated rings. The SMILES string of the molecule is O=CCCc1cccc2ncccc12. The first-order valence-electron chi connectivity index (χ1n) is 4.68. The van der Waals surface area contributed by atoms with Crippen molar-refractivity contribution >= 4 is 17.2 Å². The second-order valence-electron chi connectivity index (χ2n) is 3.19. The molecule has 0 aliphatic rings. The highest BCUT2D eigenvalue weighted by molar-refractivity contribution is 5.82. The molecule has 1 heterocycles. The molecule has 0 unspecified atom stereocenters. The molecule has 0 saturated heterocycles. The van der Waals surface area contributed by atoms with Gasteiger partial charge in [0, 0.05) is 18.0 Å². The number of rotatable bonds is 3. The van der Waals surface area contributed by atoms with Gasteiger partial charge in [0.15, 0.2) is 0 Å². The number of hydrogen-bond donors (Lipinski definition) is 0. The zero-order valence-corrected chi connectivity index (χ0v) is 7.81. The standard InChI is InChI=1S/C12H11NO/c14-9-3-5-10-4-1-7-12-11(10)6-2-8-13-12/h1-2,4,6-9H,3,5H2. The molecule has 1 aromatic carbocycles. The quantitative estimate of drug-likeness (QED) is 0.687. The Morgan fingerprint density at radius 3 is 3.00 bits per heavy atom. The maximum absolute atomic E-state index is 10.3. The molecule has 2 rings (SSSR count). The normalized spacial score (nSPS) is 10.3. The molecule has 2 aromatic rings. The third-order valence-electron chi connectivity index (χ3n) is 2.27. The van der Waals surface area contributed by atoms with Crippen molar-refractivity contribution in [2.45, 2.75) is 12.8 Å². The van der Waals surface area contributed by atoms with Gasteiger partial charge in [0.05, 0.1) is 5.52 Å². The number of benzene rings is 1. The first-order valence-corrected chi connectivity index (χ1v) is 4.68. The van der Waals surface area contributed by atoms with E-state index in [4.69, 9.17) is 0 Å². The zero-order chi connectivity index (χ0) is 9.80. The molecule has 2 nitrogen and oxygen atoms in total. The largest absolute Gasteiger partial charge is 0.303 e. The van der Waals surface area contributed by atoms with Crippen LogP contribution in [0.3, 0.4) is 0 Å². The molecule has 14 heavy (non-hydrogen) atoms. The molecule has 0 bridgehead atoms. The van der Waals surface area contributed by atoms with Crippen molar-refractivity contribution < 1.29 is 4.79 Å². The Hall–Kier alpha value is -1.70. The number of hydrogen-bond acceptors (Lipinski definition) is 2. The van der Waals surface area contributed by atoms with Gasteiger partial charge in [-0.25, -0.2) is 0 Å².